The van der Waals surface area contributed by atoms with Crippen molar-refractivity contribution in [1.82, 2.24) is 15.5 Å². The average Bonchev–Trinajstić information content (AvgIpc) is 3.62. The monoisotopic (exact) mass is 519 g/mol. The molecule has 8 heteroatoms. The van der Waals surface area contributed by atoms with E-state index in [9.17, 15) is 9.59 Å². The van der Waals surface area contributed by atoms with Crippen LogP contribution in [0.2, 0.25) is 15.1 Å². The number of carbonyl (C=O) groups excluding carboxylic acids is 2. The van der Waals surface area contributed by atoms with Crippen LogP contribution in [0, 0.1) is 5.92 Å². The molecule has 180 valence electrons. The van der Waals surface area contributed by atoms with Crippen molar-refractivity contribution in [1.29, 1.82) is 0 Å². The predicted octanol–water partition coefficient (Wildman–Crippen LogP) is 4.62. The molecule has 34 heavy (non-hydrogen) atoms. The van der Waals surface area contributed by atoms with E-state index >= 15 is 0 Å². The zero-order chi connectivity index (χ0) is 23.9. The van der Waals surface area contributed by atoms with Crippen LogP contribution in [-0.4, -0.2) is 48.4 Å². The Hall–Kier alpha value is -1.79. The number of rotatable bonds is 7. The largest absolute Gasteiger partial charge is 0.350 e. The number of carbonyl (C=O) groups is 2. The molecule has 0 radical (unpaired) electrons. The molecule has 1 saturated carbocycles. The highest BCUT2D eigenvalue weighted by atomic mass is 35.5. The van der Waals surface area contributed by atoms with E-state index in [1.807, 2.05) is 18.2 Å². The summed E-state index contributed by atoms with van der Waals surface area (Å²) in [5, 5.41) is 7.96. The molecular weight excluding hydrogens is 493 g/mol. The van der Waals surface area contributed by atoms with Crippen LogP contribution in [0.15, 0.2) is 42.5 Å². The minimum atomic E-state index is -0.712. The number of hydrogen-bond acceptors (Lipinski definition) is 3. The number of halogens is 3. The molecule has 2 aromatic carbocycles. The number of fused-ring (bicyclic) bond motifs is 3. The second-order valence-electron chi connectivity index (χ2n) is 9.82. The fourth-order valence-corrected chi connectivity index (χ4v) is 6.11. The number of amides is 2. The maximum Gasteiger partial charge on any atom is 0.243 e. The third-order valence-electron chi connectivity index (χ3n) is 7.59. The van der Waals surface area contributed by atoms with Gasteiger partial charge in [0.15, 0.2) is 0 Å². The van der Waals surface area contributed by atoms with Crippen molar-refractivity contribution >= 4 is 46.6 Å². The lowest BCUT2D eigenvalue weighted by molar-refractivity contribution is -0.131. The van der Waals surface area contributed by atoms with Gasteiger partial charge in [-0.05, 0) is 80.1 Å². The van der Waals surface area contributed by atoms with E-state index in [1.165, 1.54) is 0 Å². The van der Waals surface area contributed by atoms with Gasteiger partial charge in [0.05, 0.1) is 5.41 Å². The SMILES string of the molecule is O=C(N[C@@H]1CN2CCC1CC2)[C@H](Cc1ccc(Cl)cc1)NC(=O)C1(c2ccc(Cl)cc2Cl)CC1. The lowest BCUT2D eigenvalue weighted by Gasteiger charge is -2.45. The minimum Gasteiger partial charge on any atom is -0.350 e. The van der Waals surface area contributed by atoms with Gasteiger partial charge in [-0.25, -0.2) is 0 Å². The van der Waals surface area contributed by atoms with Crippen LogP contribution in [0.3, 0.4) is 0 Å². The second-order valence-corrected chi connectivity index (χ2v) is 11.1. The summed E-state index contributed by atoms with van der Waals surface area (Å²) in [6.07, 6.45) is 3.99. The van der Waals surface area contributed by atoms with Gasteiger partial charge in [-0.1, -0.05) is 53.0 Å². The van der Waals surface area contributed by atoms with Crippen LogP contribution in [0.1, 0.15) is 36.8 Å². The summed E-state index contributed by atoms with van der Waals surface area (Å²) in [7, 11) is 0. The van der Waals surface area contributed by atoms with Gasteiger partial charge in [-0.2, -0.15) is 0 Å². The Morgan fingerprint density at radius 1 is 1.00 bits per heavy atom. The number of hydrogen-bond donors (Lipinski definition) is 2. The molecule has 1 aliphatic carbocycles. The van der Waals surface area contributed by atoms with Gasteiger partial charge in [0.1, 0.15) is 6.04 Å². The van der Waals surface area contributed by atoms with Crippen molar-refractivity contribution in [3.63, 3.8) is 0 Å². The molecule has 3 saturated heterocycles. The van der Waals surface area contributed by atoms with E-state index in [1.54, 1.807) is 24.3 Å². The lowest BCUT2D eigenvalue weighted by Crippen LogP contribution is -2.60. The molecule has 0 aromatic heterocycles. The van der Waals surface area contributed by atoms with Crippen LogP contribution >= 0.6 is 34.8 Å². The van der Waals surface area contributed by atoms with E-state index in [0.717, 1.165) is 43.6 Å². The Labute approximate surface area is 215 Å². The van der Waals surface area contributed by atoms with E-state index in [0.29, 0.717) is 40.2 Å². The van der Waals surface area contributed by atoms with E-state index < -0.39 is 11.5 Å². The Balaban J connectivity index is 1.35. The van der Waals surface area contributed by atoms with Gasteiger partial charge >= 0.3 is 0 Å². The van der Waals surface area contributed by atoms with Gasteiger partial charge in [-0.15, -0.1) is 0 Å². The van der Waals surface area contributed by atoms with Crippen LogP contribution < -0.4 is 10.6 Å². The molecule has 0 unspecified atom stereocenters. The highest BCUT2D eigenvalue weighted by Gasteiger charge is 2.53. The van der Waals surface area contributed by atoms with Crippen LogP contribution in [0.4, 0.5) is 0 Å². The second kappa shape index (κ2) is 9.69. The van der Waals surface area contributed by atoms with Crippen molar-refractivity contribution in [2.24, 2.45) is 5.92 Å². The number of nitrogens with zero attached hydrogens (tertiary/aromatic N) is 1. The normalized spacial score (nSPS) is 25.4. The topological polar surface area (TPSA) is 61.4 Å². The van der Waals surface area contributed by atoms with E-state index in [-0.39, 0.29) is 17.9 Å². The summed E-state index contributed by atoms with van der Waals surface area (Å²) in [4.78, 5) is 29.4. The summed E-state index contributed by atoms with van der Waals surface area (Å²) in [6.45, 7) is 3.08. The van der Waals surface area contributed by atoms with E-state index in [2.05, 4.69) is 15.5 Å². The fraction of sp³-hybridized carbons (Fsp3) is 0.462. The smallest absolute Gasteiger partial charge is 0.243 e. The lowest BCUT2D eigenvalue weighted by atomic mass is 9.84. The van der Waals surface area contributed by atoms with Crippen molar-refractivity contribution < 1.29 is 9.59 Å². The Kier molecular flexibility index (Phi) is 6.82. The highest BCUT2D eigenvalue weighted by molar-refractivity contribution is 6.35. The molecule has 4 aliphatic rings. The van der Waals surface area contributed by atoms with Gasteiger partial charge in [-0.3, -0.25) is 9.59 Å². The van der Waals surface area contributed by atoms with Crippen LogP contribution in [-0.2, 0) is 21.4 Å². The minimum absolute atomic E-state index is 0.125. The fourth-order valence-electron chi connectivity index (χ4n) is 5.40. The first-order valence-electron chi connectivity index (χ1n) is 11.9. The maximum atomic E-state index is 13.5. The first-order valence-corrected chi connectivity index (χ1v) is 13.0. The number of nitrogens with one attached hydrogen (secondary N) is 2. The summed E-state index contributed by atoms with van der Waals surface area (Å²) < 4.78 is 0. The van der Waals surface area contributed by atoms with Crippen molar-refractivity contribution in [2.45, 2.75) is 49.6 Å². The molecule has 5 nitrogen and oxygen atoms in total. The molecule has 2 atom stereocenters. The molecule has 2 amide bonds. The standard InChI is InChI=1S/C26H28Cl3N3O2/c27-18-3-1-16(2-4-18)13-22(24(33)30-23-15-32-11-7-17(23)8-12-32)31-25(34)26(9-10-26)20-6-5-19(28)14-21(20)29/h1-6,14,17,22-23H,7-13,15H2,(H,30,33)(H,31,34)/t22-,23+/m0/s1. The molecule has 3 heterocycles. The van der Waals surface area contributed by atoms with Crippen LogP contribution in [0.25, 0.3) is 0 Å². The summed E-state index contributed by atoms with van der Waals surface area (Å²) in [5.74, 6) is 0.197. The Morgan fingerprint density at radius 2 is 1.68 bits per heavy atom. The molecule has 6 rings (SSSR count). The third kappa shape index (κ3) is 4.94. The zero-order valence-corrected chi connectivity index (χ0v) is 21.1. The molecule has 2 aromatic rings. The molecule has 0 spiro atoms. The predicted molar refractivity (Wildman–Crippen MR) is 136 cm³/mol. The zero-order valence-electron chi connectivity index (χ0n) is 18.8. The molecule has 3 aliphatic heterocycles. The molecule has 2 N–H and O–H groups in total. The summed E-state index contributed by atoms with van der Waals surface area (Å²) in [6, 6.07) is 12.1. The number of piperidine rings is 3. The summed E-state index contributed by atoms with van der Waals surface area (Å²) >= 11 is 18.6. The molecule has 4 fully saturated rings. The first kappa shape index (κ1) is 23.9. The highest BCUT2D eigenvalue weighted by Crippen LogP contribution is 2.51. The van der Waals surface area contributed by atoms with Gasteiger partial charge in [0, 0.05) is 34.1 Å². The quantitative estimate of drug-likeness (QED) is 0.560. The molecular formula is C26H28Cl3N3O2. The van der Waals surface area contributed by atoms with Crippen molar-refractivity contribution in [3.05, 3.63) is 68.7 Å². The van der Waals surface area contributed by atoms with Crippen molar-refractivity contribution in [3.8, 4) is 0 Å². The maximum absolute atomic E-state index is 13.5. The van der Waals surface area contributed by atoms with Gasteiger partial charge < -0.3 is 15.5 Å². The van der Waals surface area contributed by atoms with Gasteiger partial charge in [0.25, 0.3) is 0 Å². The Morgan fingerprint density at radius 3 is 2.26 bits per heavy atom. The summed E-state index contributed by atoms with van der Waals surface area (Å²) in [5.41, 5.74) is 0.989. The van der Waals surface area contributed by atoms with Crippen molar-refractivity contribution in [2.75, 3.05) is 19.6 Å². The van der Waals surface area contributed by atoms with E-state index in [4.69, 9.17) is 34.8 Å². The Bertz CT molecular complexity index is 1080. The first-order chi connectivity index (χ1) is 16.3. The number of benzene rings is 2. The third-order valence-corrected chi connectivity index (χ3v) is 8.39. The molecule has 2 bridgehead atoms. The van der Waals surface area contributed by atoms with Gasteiger partial charge in [0.2, 0.25) is 11.8 Å². The van der Waals surface area contributed by atoms with Crippen LogP contribution in [0.5, 0.6) is 0 Å². The average molecular weight is 521 g/mol.